The molecule has 0 fully saturated rings. The van der Waals surface area contributed by atoms with Crippen LogP contribution in [-0.2, 0) is 11.3 Å². The van der Waals surface area contributed by atoms with Crippen molar-refractivity contribution in [2.75, 3.05) is 13.7 Å². The Morgan fingerprint density at radius 2 is 1.94 bits per heavy atom. The average Bonchev–Trinajstić information content (AvgIpc) is 2.43. The summed E-state index contributed by atoms with van der Waals surface area (Å²) in [6.07, 6.45) is 0.0306. The van der Waals surface area contributed by atoms with E-state index < -0.39 is 0 Å². The fourth-order valence-corrected chi connectivity index (χ4v) is 1.89. The molecule has 1 N–H and O–H groups in total. The number of rotatable bonds is 5. The van der Waals surface area contributed by atoms with Crippen LogP contribution in [0, 0.1) is 0 Å². The zero-order valence-corrected chi connectivity index (χ0v) is 10.7. The maximum atomic E-state index is 9.53. The topological polar surface area (TPSA) is 38.7 Å². The molecular weight excluding hydrogens is 228 g/mol. The van der Waals surface area contributed by atoms with Crippen molar-refractivity contribution in [3.63, 3.8) is 0 Å². The van der Waals surface area contributed by atoms with Gasteiger partial charge in [0.2, 0.25) is 0 Å². The molecule has 18 heavy (non-hydrogen) atoms. The molecule has 0 spiro atoms. The zero-order chi connectivity index (χ0) is 13.0. The highest BCUT2D eigenvalue weighted by Crippen LogP contribution is 2.28. The molecule has 0 saturated heterocycles. The predicted molar refractivity (Wildman–Crippen MR) is 71.8 cm³/mol. The van der Waals surface area contributed by atoms with Crippen molar-refractivity contribution in [1.29, 1.82) is 0 Å². The van der Waals surface area contributed by atoms with Gasteiger partial charge in [0.25, 0.3) is 0 Å². The quantitative estimate of drug-likeness (QED) is 0.881. The summed E-state index contributed by atoms with van der Waals surface area (Å²) >= 11 is 0. The predicted octanol–water partition coefficient (Wildman–Crippen LogP) is 2.75. The molecule has 0 bridgehead atoms. The zero-order valence-electron chi connectivity index (χ0n) is 10.7. The van der Waals surface area contributed by atoms with Crippen molar-refractivity contribution < 1.29 is 14.6 Å². The number of hydrogen-bond acceptors (Lipinski definition) is 3. The number of aliphatic hydroxyl groups excluding tert-OH is 1. The van der Waals surface area contributed by atoms with E-state index in [1.54, 1.807) is 7.11 Å². The smallest absolute Gasteiger partial charge is 0.125 e. The van der Waals surface area contributed by atoms with Crippen molar-refractivity contribution in [2.24, 2.45) is 0 Å². The lowest BCUT2D eigenvalue weighted by Gasteiger charge is -2.15. The van der Waals surface area contributed by atoms with Gasteiger partial charge in [-0.2, -0.15) is 0 Å². The highest BCUT2D eigenvalue weighted by Gasteiger charge is 2.09. The maximum absolute atomic E-state index is 9.53. The lowest BCUT2D eigenvalue weighted by Crippen LogP contribution is -2.16. The number of hydrogen-bond donors (Lipinski definition) is 1. The van der Waals surface area contributed by atoms with Gasteiger partial charge in [0.15, 0.2) is 0 Å². The number of methoxy groups -OCH3 is 1. The second kappa shape index (κ2) is 5.85. The van der Waals surface area contributed by atoms with E-state index in [-0.39, 0.29) is 12.7 Å². The van der Waals surface area contributed by atoms with Crippen LogP contribution in [0.2, 0.25) is 0 Å². The van der Waals surface area contributed by atoms with Crippen LogP contribution in [0.25, 0.3) is 10.8 Å². The van der Waals surface area contributed by atoms with Gasteiger partial charge in [0.05, 0.1) is 12.7 Å². The Balaban J connectivity index is 2.33. The highest BCUT2D eigenvalue weighted by molar-refractivity contribution is 5.87. The fraction of sp³-hybridized carbons (Fsp3) is 0.333. The highest BCUT2D eigenvalue weighted by atomic mass is 16.5. The van der Waals surface area contributed by atoms with Crippen LogP contribution >= 0.6 is 0 Å². The van der Waals surface area contributed by atoms with E-state index in [2.05, 4.69) is 0 Å². The standard InChI is InChI=1S/C15H18O3/c1-11(17-2)10-18-15-8-7-12-5-3-4-6-13(12)14(15)9-16/h3-8,11,16H,9-10H2,1-2H3. The Morgan fingerprint density at radius 3 is 2.67 bits per heavy atom. The van der Waals surface area contributed by atoms with Gasteiger partial charge in [-0.05, 0) is 23.8 Å². The molecule has 2 rings (SSSR count). The van der Waals surface area contributed by atoms with Crippen molar-refractivity contribution in [3.05, 3.63) is 42.0 Å². The molecule has 0 aliphatic carbocycles. The maximum Gasteiger partial charge on any atom is 0.125 e. The molecule has 1 unspecified atom stereocenters. The first-order chi connectivity index (χ1) is 8.76. The van der Waals surface area contributed by atoms with E-state index in [4.69, 9.17) is 9.47 Å². The van der Waals surface area contributed by atoms with Crippen LogP contribution in [0.5, 0.6) is 5.75 Å². The molecule has 3 nitrogen and oxygen atoms in total. The summed E-state index contributed by atoms with van der Waals surface area (Å²) in [5.41, 5.74) is 0.830. The Labute approximate surface area is 107 Å². The number of aliphatic hydroxyl groups is 1. The number of ether oxygens (including phenoxy) is 2. The van der Waals surface area contributed by atoms with Gasteiger partial charge < -0.3 is 14.6 Å². The van der Waals surface area contributed by atoms with Crippen molar-refractivity contribution in [3.8, 4) is 5.75 Å². The number of benzene rings is 2. The van der Waals surface area contributed by atoms with Gasteiger partial charge in [0.1, 0.15) is 12.4 Å². The SMILES string of the molecule is COC(C)COc1ccc2ccccc2c1CO. The third-order valence-corrected chi connectivity index (χ3v) is 3.03. The minimum atomic E-state index is -0.0297. The number of fused-ring (bicyclic) bond motifs is 1. The normalized spacial score (nSPS) is 12.6. The largest absolute Gasteiger partial charge is 0.490 e. The van der Waals surface area contributed by atoms with Crippen molar-refractivity contribution >= 4 is 10.8 Å². The van der Waals surface area contributed by atoms with Gasteiger partial charge in [-0.15, -0.1) is 0 Å². The van der Waals surface area contributed by atoms with Crippen molar-refractivity contribution in [2.45, 2.75) is 19.6 Å². The van der Waals surface area contributed by atoms with Gasteiger partial charge in [-0.1, -0.05) is 30.3 Å². The van der Waals surface area contributed by atoms with E-state index in [0.717, 1.165) is 22.1 Å². The molecule has 0 aliphatic rings. The van der Waals surface area contributed by atoms with E-state index in [9.17, 15) is 5.11 Å². The van der Waals surface area contributed by atoms with Gasteiger partial charge in [-0.3, -0.25) is 0 Å². The summed E-state index contributed by atoms with van der Waals surface area (Å²) < 4.78 is 10.8. The van der Waals surface area contributed by atoms with Gasteiger partial charge in [0, 0.05) is 12.7 Å². The van der Waals surface area contributed by atoms with Crippen LogP contribution < -0.4 is 4.74 Å². The molecule has 0 aromatic heterocycles. The van der Waals surface area contributed by atoms with Crippen LogP contribution in [0.1, 0.15) is 12.5 Å². The summed E-state index contributed by atoms with van der Waals surface area (Å²) in [5.74, 6) is 0.722. The molecule has 0 saturated carbocycles. The van der Waals surface area contributed by atoms with E-state index >= 15 is 0 Å². The minimum absolute atomic E-state index is 0.0297. The van der Waals surface area contributed by atoms with E-state index in [1.165, 1.54) is 0 Å². The van der Waals surface area contributed by atoms with E-state index in [0.29, 0.717) is 6.61 Å². The molecule has 0 amide bonds. The monoisotopic (exact) mass is 246 g/mol. The Bertz CT molecular complexity index is 522. The third-order valence-electron chi connectivity index (χ3n) is 3.03. The summed E-state index contributed by atoms with van der Waals surface area (Å²) in [5, 5.41) is 11.7. The second-order valence-corrected chi connectivity index (χ2v) is 4.28. The lowest BCUT2D eigenvalue weighted by molar-refractivity contribution is 0.0708. The Kier molecular flexibility index (Phi) is 4.18. The molecule has 3 heteroatoms. The average molecular weight is 246 g/mol. The molecule has 0 aliphatic heterocycles. The van der Waals surface area contributed by atoms with Crippen LogP contribution in [0.4, 0.5) is 0 Å². The molecule has 2 aromatic rings. The van der Waals surface area contributed by atoms with Gasteiger partial charge in [-0.25, -0.2) is 0 Å². The first kappa shape index (κ1) is 12.9. The summed E-state index contributed by atoms with van der Waals surface area (Å²) in [6.45, 7) is 2.39. The summed E-state index contributed by atoms with van der Waals surface area (Å²) in [7, 11) is 1.65. The van der Waals surface area contributed by atoms with E-state index in [1.807, 2.05) is 43.3 Å². The Hall–Kier alpha value is -1.58. The van der Waals surface area contributed by atoms with Crippen molar-refractivity contribution in [1.82, 2.24) is 0 Å². The summed E-state index contributed by atoms with van der Waals surface area (Å²) in [4.78, 5) is 0. The van der Waals surface area contributed by atoms with Gasteiger partial charge >= 0.3 is 0 Å². The molecule has 0 heterocycles. The summed E-state index contributed by atoms with van der Waals surface area (Å²) in [6, 6.07) is 11.9. The minimum Gasteiger partial charge on any atom is -0.490 e. The molecule has 0 radical (unpaired) electrons. The molecule has 1 atom stereocenters. The first-order valence-electron chi connectivity index (χ1n) is 6.03. The third kappa shape index (κ3) is 2.63. The molecule has 2 aromatic carbocycles. The van der Waals surface area contributed by atoms with Crippen LogP contribution in [0.15, 0.2) is 36.4 Å². The Morgan fingerprint density at radius 1 is 1.17 bits per heavy atom. The fourth-order valence-electron chi connectivity index (χ4n) is 1.89. The lowest BCUT2D eigenvalue weighted by atomic mass is 10.0. The van der Waals surface area contributed by atoms with Crippen LogP contribution in [0.3, 0.4) is 0 Å². The molecule has 96 valence electrons. The first-order valence-corrected chi connectivity index (χ1v) is 6.03. The molecular formula is C15H18O3. The second-order valence-electron chi connectivity index (χ2n) is 4.28. The van der Waals surface area contributed by atoms with Crippen LogP contribution in [-0.4, -0.2) is 24.9 Å².